The molecule has 1 fully saturated rings. The number of amides is 4. The van der Waals surface area contributed by atoms with Gasteiger partial charge >= 0.3 is 12.1 Å². The Morgan fingerprint density at radius 1 is 1.16 bits per heavy atom. The highest BCUT2D eigenvalue weighted by Crippen LogP contribution is 2.30. The number of urea groups is 1. The van der Waals surface area contributed by atoms with Gasteiger partial charge in [-0.3, -0.25) is 9.36 Å². The molecule has 0 radical (unpaired) electrons. The number of ether oxygens (including phenoxy) is 1. The summed E-state index contributed by atoms with van der Waals surface area (Å²) in [6.07, 6.45) is 3.75. The summed E-state index contributed by atoms with van der Waals surface area (Å²) in [4.78, 5) is 54.2. The van der Waals surface area contributed by atoms with E-state index >= 15 is 0 Å². The molecule has 14 heteroatoms. The third-order valence-corrected chi connectivity index (χ3v) is 7.95. The van der Waals surface area contributed by atoms with Crippen LogP contribution < -0.4 is 20.7 Å². The van der Waals surface area contributed by atoms with Crippen LogP contribution in [-0.2, 0) is 4.79 Å². The number of hydrogen-bond donors (Lipinski definition) is 2. The summed E-state index contributed by atoms with van der Waals surface area (Å²) < 4.78 is 6.65. The number of carbonyl (C=O) groups is 3. The van der Waals surface area contributed by atoms with E-state index in [0.717, 1.165) is 6.42 Å². The number of hydrogen-bond acceptors (Lipinski definition) is 9. The van der Waals surface area contributed by atoms with E-state index in [2.05, 4.69) is 22.2 Å². The van der Waals surface area contributed by atoms with Crippen LogP contribution in [0, 0.1) is 17.2 Å². The Kier molecular flexibility index (Phi) is 9.54. The molecule has 1 aliphatic rings. The van der Waals surface area contributed by atoms with Gasteiger partial charge < -0.3 is 35.4 Å². The predicted octanol–water partition coefficient (Wildman–Crippen LogP) is 2.67. The Labute approximate surface area is 250 Å². The van der Waals surface area contributed by atoms with Crippen molar-refractivity contribution in [1.82, 2.24) is 29.2 Å². The molecule has 4 rings (SSSR count). The number of nitrogens with zero attached hydrogens (tertiary/aromatic N) is 8. The van der Waals surface area contributed by atoms with Crippen LogP contribution in [0.25, 0.3) is 11.0 Å². The SMILES string of the molecule is COc1ccc(N)c(NC(=O)N(C)CCN(C)C(=O)n2ccc3c(N(C)[C@H]4CN(C(=O)CC#N)CC[C@H]4C)ncnc32)c1. The summed E-state index contributed by atoms with van der Waals surface area (Å²) in [5.41, 5.74) is 7.27. The number of rotatable bonds is 8. The first-order valence-electron chi connectivity index (χ1n) is 14.0. The molecule has 0 bridgehead atoms. The lowest BCUT2D eigenvalue weighted by Gasteiger charge is -2.42. The van der Waals surface area contributed by atoms with Crippen molar-refractivity contribution in [3.63, 3.8) is 0 Å². The Balaban J connectivity index is 1.43. The second kappa shape index (κ2) is 13.3. The molecule has 1 aromatic carbocycles. The fourth-order valence-electron chi connectivity index (χ4n) is 5.15. The van der Waals surface area contributed by atoms with Crippen LogP contribution in [0.4, 0.5) is 26.8 Å². The van der Waals surface area contributed by atoms with Gasteiger partial charge in [0.25, 0.3) is 0 Å². The number of aromatic nitrogens is 3. The lowest BCUT2D eigenvalue weighted by molar-refractivity contribution is -0.131. The lowest BCUT2D eigenvalue weighted by atomic mass is 9.92. The average Bonchev–Trinajstić information content (AvgIpc) is 3.44. The van der Waals surface area contributed by atoms with Gasteiger partial charge in [-0.05, 0) is 30.5 Å². The molecule has 0 unspecified atom stereocenters. The van der Waals surface area contributed by atoms with Gasteiger partial charge in [0.15, 0.2) is 5.65 Å². The molecule has 2 aromatic heterocycles. The molecule has 43 heavy (non-hydrogen) atoms. The highest BCUT2D eigenvalue weighted by molar-refractivity contribution is 5.95. The molecule has 0 spiro atoms. The van der Waals surface area contributed by atoms with Crippen molar-refractivity contribution in [3.8, 4) is 11.8 Å². The molecule has 3 heterocycles. The molecule has 3 N–H and O–H groups in total. The van der Waals surface area contributed by atoms with Crippen molar-refractivity contribution in [2.75, 3.05) is 70.4 Å². The summed E-state index contributed by atoms with van der Waals surface area (Å²) in [5, 5.41) is 12.4. The first-order valence-corrected chi connectivity index (χ1v) is 14.0. The summed E-state index contributed by atoms with van der Waals surface area (Å²) >= 11 is 0. The minimum absolute atomic E-state index is 0.0229. The van der Waals surface area contributed by atoms with Crippen LogP contribution >= 0.6 is 0 Å². The molecular weight excluding hydrogens is 552 g/mol. The maximum Gasteiger partial charge on any atom is 0.329 e. The van der Waals surface area contributed by atoms with E-state index in [0.29, 0.717) is 47.1 Å². The Bertz CT molecular complexity index is 1530. The van der Waals surface area contributed by atoms with Crippen molar-refractivity contribution < 1.29 is 19.1 Å². The van der Waals surface area contributed by atoms with Gasteiger partial charge in [0.1, 0.15) is 24.3 Å². The maximum absolute atomic E-state index is 13.4. The molecule has 2 atom stereocenters. The van der Waals surface area contributed by atoms with Gasteiger partial charge in [-0.2, -0.15) is 5.26 Å². The number of nitriles is 1. The second-order valence-corrected chi connectivity index (χ2v) is 10.7. The zero-order valence-electron chi connectivity index (χ0n) is 25.1. The number of fused-ring (bicyclic) bond motifs is 1. The van der Waals surface area contributed by atoms with E-state index in [-0.39, 0.29) is 49.4 Å². The topological polar surface area (TPSA) is 166 Å². The molecule has 228 valence electrons. The zero-order valence-corrected chi connectivity index (χ0v) is 25.1. The van der Waals surface area contributed by atoms with Crippen molar-refractivity contribution in [3.05, 3.63) is 36.8 Å². The molecular formula is C29H38N10O4. The third kappa shape index (κ3) is 6.72. The number of piperidine rings is 1. The van der Waals surface area contributed by atoms with Crippen LogP contribution in [0.5, 0.6) is 5.75 Å². The number of carbonyl (C=O) groups excluding carboxylic acids is 3. The number of nitrogen functional groups attached to an aromatic ring is 1. The molecule has 14 nitrogen and oxygen atoms in total. The Hall–Kier alpha value is -5.06. The largest absolute Gasteiger partial charge is 0.497 e. The van der Waals surface area contributed by atoms with Crippen molar-refractivity contribution in [2.24, 2.45) is 5.92 Å². The number of nitrogens with two attached hydrogens (primary N) is 1. The number of methoxy groups -OCH3 is 1. The number of likely N-dealkylation sites (tertiary alicyclic amines) is 1. The van der Waals surface area contributed by atoms with Crippen LogP contribution in [0.1, 0.15) is 19.8 Å². The minimum Gasteiger partial charge on any atom is -0.497 e. The van der Waals surface area contributed by atoms with Gasteiger partial charge in [0.05, 0.1) is 36.0 Å². The number of nitrogens with one attached hydrogen (secondary N) is 1. The summed E-state index contributed by atoms with van der Waals surface area (Å²) in [5.74, 6) is 1.33. The lowest BCUT2D eigenvalue weighted by Crippen LogP contribution is -2.52. The molecule has 0 aliphatic carbocycles. The standard InChI is InChI=1S/C29H38N10O4/c1-19-9-12-38(25(40)8-11-30)17-24(19)37(4)26-21-10-13-39(27(21)33-18-32-26)29(42)36(3)15-14-35(2)28(41)34-23-16-20(43-5)6-7-22(23)31/h6-7,10,13,16,18-19,24H,8-9,12,14-15,17,31H2,1-5H3,(H,34,41)/t19-,24+/m1/s1. The van der Waals surface area contributed by atoms with E-state index in [1.807, 2.05) is 18.0 Å². The maximum atomic E-state index is 13.4. The van der Waals surface area contributed by atoms with E-state index in [1.165, 1.54) is 27.8 Å². The van der Waals surface area contributed by atoms with Gasteiger partial charge in [0.2, 0.25) is 5.91 Å². The number of benzene rings is 1. The van der Waals surface area contributed by atoms with E-state index in [9.17, 15) is 14.4 Å². The fraction of sp³-hybridized carbons (Fsp3) is 0.448. The van der Waals surface area contributed by atoms with Crippen LogP contribution in [0.3, 0.4) is 0 Å². The van der Waals surface area contributed by atoms with E-state index in [1.54, 1.807) is 49.5 Å². The van der Waals surface area contributed by atoms with E-state index in [4.69, 9.17) is 15.7 Å². The normalized spacial score (nSPS) is 16.3. The minimum atomic E-state index is -0.377. The summed E-state index contributed by atoms with van der Waals surface area (Å²) in [7, 11) is 6.74. The predicted molar refractivity (Wildman–Crippen MR) is 163 cm³/mol. The molecule has 1 saturated heterocycles. The second-order valence-electron chi connectivity index (χ2n) is 10.7. The third-order valence-electron chi connectivity index (χ3n) is 7.95. The zero-order chi connectivity index (χ0) is 31.3. The quantitative estimate of drug-likeness (QED) is 0.375. The monoisotopic (exact) mass is 590 g/mol. The van der Waals surface area contributed by atoms with Crippen molar-refractivity contribution in [2.45, 2.75) is 25.8 Å². The number of likely N-dealkylation sites (N-methyl/N-ethyl adjacent to an activating group) is 3. The molecule has 0 saturated carbocycles. The highest BCUT2D eigenvalue weighted by Gasteiger charge is 2.33. The fourth-order valence-corrected chi connectivity index (χ4v) is 5.15. The smallest absolute Gasteiger partial charge is 0.329 e. The molecule has 4 amide bonds. The van der Waals surface area contributed by atoms with Gasteiger partial charge in [0, 0.05) is 59.6 Å². The van der Waals surface area contributed by atoms with Crippen molar-refractivity contribution in [1.29, 1.82) is 5.26 Å². The van der Waals surface area contributed by atoms with Crippen molar-refractivity contribution >= 4 is 46.2 Å². The average molecular weight is 591 g/mol. The first kappa shape index (κ1) is 30.9. The van der Waals surface area contributed by atoms with Crippen LogP contribution in [-0.4, -0.2) is 108 Å². The van der Waals surface area contributed by atoms with E-state index < -0.39 is 0 Å². The molecule has 1 aliphatic heterocycles. The Morgan fingerprint density at radius 3 is 2.63 bits per heavy atom. The summed E-state index contributed by atoms with van der Waals surface area (Å²) in [6, 6.07) is 8.02. The number of anilines is 3. The van der Waals surface area contributed by atoms with Gasteiger partial charge in [-0.25, -0.2) is 19.6 Å². The van der Waals surface area contributed by atoms with Gasteiger partial charge in [-0.1, -0.05) is 6.92 Å². The highest BCUT2D eigenvalue weighted by atomic mass is 16.5. The summed E-state index contributed by atoms with van der Waals surface area (Å²) in [6.45, 7) is 3.77. The Morgan fingerprint density at radius 2 is 1.91 bits per heavy atom. The van der Waals surface area contributed by atoms with Gasteiger partial charge in [-0.15, -0.1) is 0 Å². The molecule has 3 aromatic rings. The first-order chi connectivity index (χ1) is 20.5. The van der Waals surface area contributed by atoms with Crippen LogP contribution in [0.15, 0.2) is 36.8 Å². The van der Waals surface area contributed by atoms with Crippen LogP contribution in [0.2, 0.25) is 0 Å².